The van der Waals surface area contributed by atoms with Crippen LogP contribution in [0.15, 0.2) is 72.8 Å². The number of carbonyl (C=O) groups is 1. The molecule has 1 unspecified atom stereocenters. The van der Waals surface area contributed by atoms with Gasteiger partial charge in [0.1, 0.15) is 0 Å². The molecule has 0 aliphatic heterocycles. The van der Waals surface area contributed by atoms with Crippen molar-refractivity contribution in [3.63, 3.8) is 0 Å². The zero-order valence-corrected chi connectivity index (χ0v) is 16.9. The molecule has 3 aromatic carbocycles. The van der Waals surface area contributed by atoms with Crippen LogP contribution in [0.1, 0.15) is 48.9 Å². The Bertz CT molecular complexity index is 964. The average Bonchev–Trinajstić information content (AvgIpc) is 2.78. The molecular formula is C26H28N2O. The number of anilines is 1. The number of benzene rings is 3. The average molecular weight is 385 g/mol. The van der Waals surface area contributed by atoms with Gasteiger partial charge in [0, 0.05) is 5.69 Å². The lowest BCUT2D eigenvalue weighted by molar-refractivity contribution is 0.248. The van der Waals surface area contributed by atoms with Crippen LogP contribution in [0.25, 0.3) is 11.1 Å². The van der Waals surface area contributed by atoms with E-state index in [2.05, 4.69) is 47.9 Å². The first-order valence-corrected chi connectivity index (χ1v) is 10.6. The van der Waals surface area contributed by atoms with Crippen molar-refractivity contribution in [2.24, 2.45) is 0 Å². The molecule has 2 N–H and O–H groups in total. The zero-order chi connectivity index (χ0) is 20.1. The fraction of sp³-hybridized carbons (Fsp3) is 0.269. The van der Waals surface area contributed by atoms with Gasteiger partial charge in [-0.1, -0.05) is 67.6 Å². The van der Waals surface area contributed by atoms with Crippen LogP contribution < -0.4 is 10.6 Å². The Labute approximate surface area is 173 Å². The first-order valence-electron chi connectivity index (χ1n) is 10.6. The summed E-state index contributed by atoms with van der Waals surface area (Å²) < 4.78 is 0. The molecule has 29 heavy (non-hydrogen) atoms. The first kappa shape index (κ1) is 19.3. The van der Waals surface area contributed by atoms with Crippen LogP contribution in [0.4, 0.5) is 10.5 Å². The van der Waals surface area contributed by atoms with Gasteiger partial charge in [-0.15, -0.1) is 0 Å². The van der Waals surface area contributed by atoms with E-state index in [0.29, 0.717) is 0 Å². The Kier molecular flexibility index (Phi) is 5.95. The van der Waals surface area contributed by atoms with Gasteiger partial charge in [-0.25, -0.2) is 4.79 Å². The molecular weight excluding hydrogens is 356 g/mol. The molecule has 0 bridgehead atoms. The lowest BCUT2D eigenvalue weighted by Crippen LogP contribution is -2.32. The number of amides is 2. The largest absolute Gasteiger partial charge is 0.331 e. The van der Waals surface area contributed by atoms with Gasteiger partial charge in [0.25, 0.3) is 0 Å². The minimum absolute atomic E-state index is 0.0193. The van der Waals surface area contributed by atoms with Crippen LogP contribution >= 0.6 is 0 Å². The van der Waals surface area contributed by atoms with Gasteiger partial charge in [0.2, 0.25) is 0 Å². The van der Waals surface area contributed by atoms with Crippen LogP contribution in [0, 0.1) is 0 Å². The summed E-state index contributed by atoms with van der Waals surface area (Å²) in [5, 5.41) is 6.10. The number of urea groups is 1. The summed E-state index contributed by atoms with van der Waals surface area (Å²) in [6, 6.07) is 24.8. The maximum absolute atomic E-state index is 12.6. The van der Waals surface area contributed by atoms with Crippen molar-refractivity contribution in [2.75, 3.05) is 5.32 Å². The zero-order valence-electron chi connectivity index (χ0n) is 16.9. The van der Waals surface area contributed by atoms with Gasteiger partial charge in [0.15, 0.2) is 0 Å². The second-order valence-corrected chi connectivity index (χ2v) is 7.74. The molecule has 1 aliphatic carbocycles. The highest BCUT2D eigenvalue weighted by Crippen LogP contribution is 2.26. The van der Waals surface area contributed by atoms with Gasteiger partial charge < -0.3 is 10.6 Å². The highest BCUT2D eigenvalue weighted by molar-refractivity contribution is 5.89. The summed E-state index contributed by atoms with van der Waals surface area (Å²) in [7, 11) is 0. The molecule has 0 heterocycles. The van der Waals surface area contributed by atoms with Crippen molar-refractivity contribution in [1.82, 2.24) is 5.32 Å². The molecule has 1 atom stereocenters. The molecule has 3 aromatic rings. The van der Waals surface area contributed by atoms with Crippen LogP contribution in [-0.2, 0) is 12.8 Å². The van der Waals surface area contributed by atoms with E-state index in [0.717, 1.165) is 24.1 Å². The van der Waals surface area contributed by atoms with Gasteiger partial charge in [-0.3, -0.25) is 0 Å². The highest BCUT2D eigenvalue weighted by Gasteiger charge is 2.16. The summed E-state index contributed by atoms with van der Waals surface area (Å²) in [6.45, 7) is 2.11. The third-order valence-electron chi connectivity index (χ3n) is 5.74. The van der Waals surface area contributed by atoms with E-state index >= 15 is 0 Å². The maximum Gasteiger partial charge on any atom is 0.319 e. The number of carbonyl (C=O) groups excluding carboxylic acids is 1. The van der Waals surface area contributed by atoms with Crippen molar-refractivity contribution in [1.29, 1.82) is 0 Å². The Morgan fingerprint density at radius 2 is 1.55 bits per heavy atom. The number of fused-ring (bicyclic) bond motifs is 1. The quantitative estimate of drug-likeness (QED) is 0.517. The molecule has 0 fully saturated rings. The molecule has 0 radical (unpaired) electrons. The van der Waals surface area contributed by atoms with Crippen molar-refractivity contribution in [3.8, 4) is 11.1 Å². The van der Waals surface area contributed by atoms with Gasteiger partial charge in [0.05, 0.1) is 6.04 Å². The molecule has 1 aliphatic rings. The number of hydrogen-bond acceptors (Lipinski definition) is 1. The SMILES string of the molecule is CCC(NC(=O)Nc1ccc(-c2ccccc2)cc1)c1ccc2c(c1)CCCC2. The summed E-state index contributed by atoms with van der Waals surface area (Å²) in [5.41, 5.74) is 7.22. The summed E-state index contributed by atoms with van der Waals surface area (Å²) in [4.78, 5) is 12.6. The Morgan fingerprint density at radius 3 is 2.28 bits per heavy atom. The minimum atomic E-state index is -0.165. The van der Waals surface area contributed by atoms with Crippen LogP contribution in [0.5, 0.6) is 0 Å². The number of rotatable bonds is 5. The molecule has 2 amide bonds. The topological polar surface area (TPSA) is 41.1 Å². The Balaban J connectivity index is 1.40. The normalized spacial score (nSPS) is 14.0. The number of hydrogen-bond donors (Lipinski definition) is 2. The van der Waals surface area contributed by atoms with E-state index in [1.165, 1.54) is 41.5 Å². The van der Waals surface area contributed by atoms with Crippen molar-refractivity contribution in [3.05, 3.63) is 89.5 Å². The van der Waals surface area contributed by atoms with Crippen LogP contribution in [0.3, 0.4) is 0 Å². The summed E-state index contributed by atoms with van der Waals surface area (Å²) >= 11 is 0. The second kappa shape index (κ2) is 8.95. The van der Waals surface area contributed by atoms with E-state index in [-0.39, 0.29) is 12.1 Å². The Morgan fingerprint density at radius 1 is 0.862 bits per heavy atom. The van der Waals surface area contributed by atoms with Crippen molar-refractivity contribution >= 4 is 11.7 Å². The molecule has 3 heteroatoms. The van der Waals surface area contributed by atoms with Crippen molar-refractivity contribution in [2.45, 2.75) is 45.1 Å². The van der Waals surface area contributed by atoms with Crippen LogP contribution in [0.2, 0.25) is 0 Å². The van der Waals surface area contributed by atoms with E-state index in [4.69, 9.17) is 0 Å². The molecule has 0 spiro atoms. The number of nitrogens with one attached hydrogen (secondary N) is 2. The molecule has 0 saturated carbocycles. The van der Waals surface area contributed by atoms with E-state index < -0.39 is 0 Å². The molecule has 0 aromatic heterocycles. The lowest BCUT2D eigenvalue weighted by Gasteiger charge is -2.22. The maximum atomic E-state index is 12.6. The molecule has 3 nitrogen and oxygen atoms in total. The molecule has 148 valence electrons. The van der Waals surface area contributed by atoms with Crippen molar-refractivity contribution < 1.29 is 4.79 Å². The number of aryl methyl sites for hydroxylation is 2. The van der Waals surface area contributed by atoms with E-state index in [9.17, 15) is 4.79 Å². The molecule has 4 rings (SSSR count). The van der Waals surface area contributed by atoms with E-state index in [1.54, 1.807) is 0 Å². The summed E-state index contributed by atoms with van der Waals surface area (Å²) in [6.07, 6.45) is 5.74. The summed E-state index contributed by atoms with van der Waals surface area (Å²) in [5.74, 6) is 0. The highest BCUT2D eigenvalue weighted by atomic mass is 16.2. The van der Waals surface area contributed by atoms with E-state index in [1.807, 2.05) is 42.5 Å². The standard InChI is InChI=1S/C26H28N2O/c1-2-25(23-13-12-20-10-6-7-11-22(20)18-23)28-26(29)27-24-16-14-21(15-17-24)19-8-4-3-5-9-19/h3-5,8-9,12-18,25H,2,6-7,10-11H2,1H3,(H2,27,28,29). The Hall–Kier alpha value is -3.07. The van der Waals surface area contributed by atoms with Gasteiger partial charge >= 0.3 is 6.03 Å². The van der Waals surface area contributed by atoms with Gasteiger partial charge in [-0.05, 0) is 72.1 Å². The fourth-order valence-electron chi connectivity index (χ4n) is 4.09. The van der Waals surface area contributed by atoms with Crippen LogP contribution in [-0.4, -0.2) is 6.03 Å². The fourth-order valence-corrected chi connectivity index (χ4v) is 4.09. The second-order valence-electron chi connectivity index (χ2n) is 7.74. The van der Waals surface area contributed by atoms with Gasteiger partial charge in [-0.2, -0.15) is 0 Å². The predicted octanol–water partition coefficient (Wildman–Crippen LogP) is 6.51. The monoisotopic (exact) mass is 384 g/mol. The minimum Gasteiger partial charge on any atom is -0.331 e. The smallest absolute Gasteiger partial charge is 0.319 e. The third-order valence-corrected chi connectivity index (χ3v) is 5.74. The first-order chi connectivity index (χ1) is 14.2. The molecule has 0 saturated heterocycles. The lowest BCUT2D eigenvalue weighted by atomic mass is 9.89. The third kappa shape index (κ3) is 4.68. The predicted molar refractivity (Wildman–Crippen MR) is 120 cm³/mol.